The van der Waals surface area contributed by atoms with Crippen LogP contribution in [0, 0.1) is 19.7 Å². The zero-order valence-electron chi connectivity index (χ0n) is 14.8. The third-order valence-corrected chi connectivity index (χ3v) is 5.26. The van der Waals surface area contributed by atoms with Gasteiger partial charge in [0.05, 0.1) is 0 Å². The highest BCUT2D eigenvalue weighted by molar-refractivity contribution is 5.94. The Bertz CT molecular complexity index is 749. The molecule has 1 saturated heterocycles. The molecule has 4 heteroatoms. The fourth-order valence-electron chi connectivity index (χ4n) is 3.37. The van der Waals surface area contributed by atoms with E-state index in [0.29, 0.717) is 25.3 Å². The van der Waals surface area contributed by atoms with Crippen molar-refractivity contribution >= 4 is 5.91 Å². The van der Waals surface area contributed by atoms with Gasteiger partial charge in [-0.3, -0.25) is 4.79 Å². The Balaban J connectivity index is 1.77. The Morgan fingerprint density at radius 1 is 1.08 bits per heavy atom. The van der Waals surface area contributed by atoms with E-state index < -0.39 is 0 Å². The number of amides is 1. The van der Waals surface area contributed by atoms with Crippen molar-refractivity contribution in [2.24, 2.45) is 0 Å². The third-order valence-electron chi connectivity index (χ3n) is 5.26. The molecule has 25 heavy (non-hydrogen) atoms. The van der Waals surface area contributed by atoms with Crippen LogP contribution in [0.15, 0.2) is 42.5 Å². The first-order valence-corrected chi connectivity index (χ1v) is 8.69. The van der Waals surface area contributed by atoms with E-state index in [1.807, 2.05) is 44.2 Å². The molecule has 0 saturated carbocycles. The molecule has 0 bridgehead atoms. The van der Waals surface area contributed by atoms with Crippen molar-refractivity contribution in [3.63, 3.8) is 0 Å². The summed E-state index contributed by atoms with van der Waals surface area (Å²) in [7, 11) is 0. The van der Waals surface area contributed by atoms with E-state index in [-0.39, 0.29) is 17.1 Å². The molecule has 3 rings (SSSR count). The number of aryl methyl sites for hydroxylation is 2. The Kier molecular flexibility index (Phi) is 5.19. The minimum absolute atomic E-state index is 0.0731. The van der Waals surface area contributed by atoms with Crippen LogP contribution in [-0.4, -0.2) is 25.7 Å². The van der Waals surface area contributed by atoms with Gasteiger partial charge in [-0.15, -0.1) is 0 Å². The highest BCUT2D eigenvalue weighted by Gasteiger charge is 2.35. The van der Waals surface area contributed by atoms with E-state index in [4.69, 9.17) is 4.74 Å². The zero-order valence-corrected chi connectivity index (χ0v) is 14.8. The van der Waals surface area contributed by atoms with Crippen LogP contribution in [0.2, 0.25) is 0 Å². The third kappa shape index (κ3) is 3.90. The maximum atomic E-state index is 13.3. The highest BCUT2D eigenvalue weighted by atomic mass is 19.1. The molecule has 1 amide bonds. The van der Waals surface area contributed by atoms with E-state index in [1.165, 1.54) is 17.7 Å². The summed E-state index contributed by atoms with van der Waals surface area (Å²) < 4.78 is 18.8. The first kappa shape index (κ1) is 17.6. The molecule has 3 nitrogen and oxygen atoms in total. The summed E-state index contributed by atoms with van der Waals surface area (Å²) in [5, 5.41) is 3.08. The van der Waals surface area contributed by atoms with E-state index in [1.54, 1.807) is 0 Å². The molecule has 1 aliphatic rings. The Morgan fingerprint density at radius 2 is 1.76 bits per heavy atom. The van der Waals surface area contributed by atoms with Gasteiger partial charge < -0.3 is 10.1 Å². The van der Waals surface area contributed by atoms with Crippen LogP contribution < -0.4 is 5.32 Å². The van der Waals surface area contributed by atoms with Crippen molar-refractivity contribution < 1.29 is 13.9 Å². The molecule has 1 N–H and O–H groups in total. The van der Waals surface area contributed by atoms with Crippen LogP contribution in [-0.2, 0) is 10.2 Å². The quantitative estimate of drug-likeness (QED) is 0.915. The van der Waals surface area contributed by atoms with Crippen LogP contribution in [0.5, 0.6) is 0 Å². The van der Waals surface area contributed by atoms with Gasteiger partial charge >= 0.3 is 0 Å². The Morgan fingerprint density at radius 3 is 2.40 bits per heavy atom. The maximum absolute atomic E-state index is 13.3. The second-order valence-corrected chi connectivity index (χ2v) is 6.88. The predicted molar refractivity (Wildman–Crippen MR) is 96.4 cm³/mol. The molecule has 0 aromatic heterocycles. The zero-order chi connectivity index (χ0) is 17.9. The number of halogens is 1. The van der Waals surface area contributed by atoms with E-state index in [9.17, 15) is 9.18 Å². The molecular weight excluding hydrogens is 317 g/mol. The van der Waals surface area contributed by atoms with Crippen LogP contribution in [0.3, 0.4) is 0 Å². The van der Waals surface area contributed by atoms with Crippen LogP contribution >= 0.6 is 0 Å². The summed E-state index contributed by atoms with van der Waals surface area (Å²) in [6, 6.07) is 12.3. The monoisotopic (exact) mass is 341 g/mol. The SMILES string of the molecule is Cc1ccc(C(=O)NCC2(c3ccc(F)cc3)CCOCC2)cc1C. The molecule has 132 valence electrons. The fourth-order valence-corrected chi connectivity index (χ4v) is 3.37. The van der Waals surface area contributed by atoms with Gasteiger partial charge in [-0.05, 0) is 67.6 Å². The first-order valence-electron chi connectivity index (χ1n) is 8.69. The molecule has 1 heterocycles. The predicted octanol–water partition coefficient (Wildman–Crippen LogP) is 3.92. The van der Waals surface area contributed by atoms with Gasteiger partial charge in [0, 0.05) is 30.7 Å². The highest BCUT2D eigenvalue weighted by Crippen LogP contribution is 2.34. The van der Waals surface area contributed by atoms with Gasteiger partial charge in [0.2, 0.25) is 0 Å². The van der Waals surface area contributed by atoms with Gasteiger partial charge in [-0.1, -0.05) is 18.2 Å². The summed E-state index contributed by atoms with van der Waals surface area (Å²) in [6.45, 7) is 5.86. The van der Waals surface area contributed by atoms with E-state index >= 15 is 0 Å². The number of hydrogen-bond acceptors (Lipinski definition) is 2. The molecule has 0 atom stereocenters. The number of carbonyl (C=O) groups excluding carboxylic acids is 1. The second-order valence-electron chi connectivity index (χ2n) is 6.88. The largest absolute Gasteiger partial charge is 0.381 e. The molecule has 0 spiro atoms. The van der Waals surface area contributed by atoms with E-state index in [2.05, 4.69) is 5.32 Å². The summed E-state index contributed by atoms with van der Waals surface area (Å²) in [6.07, 6.45) is 1.62. The van der Waals surface area contributed by atoms with E-state index in [0.717, 1.165) is 24.0 Å². The molecule has 0 aliphatic carbocycles. The summed E-state index contributed by atoms with van der Waals surface area (Å²) >= 11 is 0. The van der Waals surface area contributed by atoms with Gasteiger partial charge in [0.25, 0.3) is 5.91 Å². The van der Waals surface area contributed by atoms with Crippen molar-refractivity contribution in [3.8, 4) is 0 Å². The van der Waals surface area contributed by atoms with Crippen molar-refractivity contribution in [2.45, 2.75) is 32.1 Å². The standard InChI is InChI=1S/C21H24FNO2/c1-15-3-4-17(13-16(15)2)20(24)23-14-21(9-11-25-12-10-21)18-5-7-19(22)8-6-18/h3-8,13H,9-12,14H2,1-2H3,(H,23,24). The molecule has 1 aliphatic heterocycles. The fraction of sp³-hybridized carbons (Fsp3) is 0.381. The minimum Gasteiger partial charge on any atom is -0.381 e. The number of nitrogens with one attached hydrogen (secondary N) is 1. The lowest BCUT2D eigenvalue weighted by atomic mass is 9.74. The Hall–Kier alpha value is -2.20. The lowest BCUT2D eigenvalue weighted by molar-refractivity contribution is 0.0487. The smallest absolute Gasteiger partial charge is 0.251 e. The second kappa shape index (κ2) is 7.36. The normalized spacial score (nSPS) is 16.4. The lowest BCUT2D eigenvalue weighted by Crippen LogP contribution is -2.44. The molecule has 2 aromatic carbocycles. The number of ether oxygens (including phenoxy) is 1. The number of benzene rings is 2. The average Bonchev–Trinajstić information content (AvgIpc) is 2.63. The summed E-state index contributed by atoms with van der Waals surface area (Å²) in [5.74, 6) is -0.318. The number of rotatable bonds is 4. The maximum Gasteiger partial charge on any atom is 0.251 e. The van der Waals surface area contributed by atoms with Crippen molar-refractivity contribution in [1.29, 1.82) is 0 Å². The number of hydrogen-bond donors (Lipinski definition) is 1. The van der Waals surface area contributed by atoms with Gasteiger partial charge in [-0.2, -0.15) is 0 Å². The van der Waals surface area contributed by atoms with Crippen molar-refractivity contribution in [2.75, 3.05) is 19.8 Å². The molecular formula is C21H24FNO2. The molecule has 2 aromatic rings. The van der Waals surface area contributed by atoms with Crippen LogP contribution in [0.1, 0.15) is 39.9 Å². The number of carbonyl (C=O) groups is 1. The van der Waals surface area contributed by atoms with Crippen LogP contribution in [0.25, 0.3) is 0 Å². The summed E-state index contributed by atoms with van der Waals surface area (Å²) in [4.78, 5) is 12.6. The van der Waals surface area contributed by atoms with Crippen LogP contribution in [0.4, 0.5) is 4.39 Å². The molecule has 1 fully saturated rings. The summed E-state index contributed by atoms with van der Waals surface area (Å²) in [5.41, 5.74) is 3.79. The average molecular weight is 341 g/mol. The van der Waals surface area contributed by atoms with Crippen molar-refractivity contribution in [1.82, 2.24) is 5.32 Å². The van der Waals surface area contributed by atoms with Gasteiger partial charge in [0.15, 0.2) is 0 Å². The van der Waals surface area contributed by atoms with Crippen molar-refractivity contribution in [3.05, 3.63) is 70.5 Å². The lowest BCUT2D eigenvalue weighted by Gasteiger charge is -2.38. The molecule has 0 radical (unpaired) electrons. The minimum atomic E-state index is -0.245. The van der Waals surface area contributed by atoms with Gasteiger partial charge in [0.1, 0.15) is 5.82 Å². The first-order chi connectivity index (χ1) is 12.0. The van der Waals surface area contributed by atoms with Gasteiger partial charge in [-0.25, -0.2) is 4.39 Å². The Labute approximate surface area is 148 Å². The molecule has 0 unspecified atom stereocenters. The topological polar surface area (TPSA) is 38.3 Å².